The molecule has 1 aromatic carbocycles. The summed E-state index contributed by atoms with van der Waals surface area (Å²) in [5, 5.41) is 3.63. The fraction of sp³-hybridized carbons (Fsp3) is 0.625. The van der Waals surface area contributed by atoms with E-state index in [9.17, 15) is 0 Å². The monoisotopic (exact) mass is 246 g/mol. The molecule has 2 rings (SSSR count). The van der Waals surface area contributed by atoms with Gasteiger partial charge in [-0.2, -0.15) is 0 Å². The zero-order valence-corrected chi connectivity index (χ0v) is 12.1. The molecule has 0 amide bonds. The highest BCUT2D eigenvalue weighted by Gasteiger charge is 2.18. The third-order valence-electron chi connectivity index (χ3n) is 3.82. The van der Waals surface area contributed by atoms with Crippen molar-refractivity contribution in [1.29, 1.82) is 0 Å². The maximum atomic E-state index is 3.63. The summed E-state index contributed by atoms with van der Waals surface area (Å²) in [7, 11) is 0. The molecule has 1 heterocycles. The van der Waals surface area contributed by atoms with Gasteiger partial charge >= 0.3 is 0 Å². The van der Waals surface area contributed by atoms with E-state index >= 15 is 0 Å². The van der Waals surface area contributed by atoms with Crippen LogP contribution in [0.15, 0.2) is 24.3 Å². The van der Waals surface area contributed by atoms with E-state index in [-0.39, 0.29) is 0 Å². The third kappa shape index (κ3) is 3.26. The van der Waals surface area contributed by atoms with Gasteiger partial charge in [0.25, 0.3) is 0 Å². The molecule has 2 unspecified atom stereocenters. The van der Waals surface area contributed by atoms with Crippen LogP contribution in [0.2, 0.25) is 0 Å². The topological polar surface area (TPSA) is 15.3 Å². The van der Waals surface area contributed by atoms with E-state index < -0.39 is 0 Å². The zero-order chi connectivity index (χ0) is 13.1. The van der Waals surface area contributed by atoms with Gasteiger partial charge < -0.3 is 10.2 Å². The van der Waals surface area contributed by atoms with Crippen molar-refractivity contribution in [1.82, 2.24) is 5.32 Å². The van der Waals surface area contributed by atoms with Crippen LogP contribution in [0.3, 0.4) is 0 Å². The number of nitrogens with one attached hydrogen (secondary N) is 1. The molecule has 0 spiro atoms. The zero-order valence-electron chi connectivity index (χ0n) is 12.1. The second kappa shape index (κ2) is 5.75. The summed E-state index contributed by atoms with van der Waals surface area (Å²) in [6, 6.07) is 10.3. The first-order valence-electron chi connectivity index (χ1n) is 7.17. The summed E-state index contributed by atoms with van der Waals surface area (Å²) in [5.41, 5.74) is 2.79. The fourth-order valence-electron chi connectivity index (χ4n) is 2.70. The molecule has 1 saturated heterocycles. The van der Waals surface area contributed by atoms with Crippen molar-refractivity contribution in [3.8, 4) is 0 Å². The maximum absolute atomic E-state index is 3.63. The SMILES string of the molecule is CC1CCN(c2ccc(C(C)C)cc2)CC(C)N1. The average Bonchev–Trinajstić information content (AvgIpc) is 2.50. The largest absolute Gasteiger partial charge is 0.370 e. The summed E-state index contributed by atoms with van der Waals surface area (Å²) >= 11 is 0. The molecule has 1 aliphatic rings. The van der Waals surface area contributed by atoms with Crippen molar-refractivity contribution in [3.05, 3.63) is 29.8 Å². The second-order valence-electron chi connectivity index (χ2n) is 5.95. The van der Waals surface area contributed by atoms with E-state index in [0.717, 1.165) is 13.1 Å². The molecule has 0 aliphatic carbocycles. The third-order valence-corrected chi connectivity index (χ3v) is 3.82. The molecular formula is C16H26N2. The molecule has 1 aliphatic heterocycles. The van der Waals surface area contributed by atoms with Gasteiger partial charge in [0.05, 0.1) is 0 Å². The van der Waals surface area contributed by atoms with E-state index in [1.807, 2.05) is 0 Å². The molecular weight excluding hydrogens is 220 g/mol. The van der Waals surface area contributed by atoms with E-state index in [4.69, 9.17) is 0 Å². The number of hydrogen-bond acceptors (Lipinski definition) is 2. The van der Waals surface area contributed by atoms with Crippen molar-refractivity contribution < 1.29 is 0 Å². The Kier molecular flexibility index (Phi) is 4.28. The summed E-state index contributed by atoms with van der Waals surface area (Å²) in [6.45, 7) is 11.3. The van der Waals surface area contributed by atoms with Gasteiger partial charge in [-0.05, 0) is 43.9 Å². The Labute approximate surface area is 111 Å². The normalized spacial score (nSPS) is 25.3. The predicted molar refractivity (Wildman–Crippen MR) is 79.4 cm³/mol. The molecule has 100 valence electrons. The molecule has 0 radical (unpaired) electrons. The van der Waals surface area contributed by atoms with Crippen LogP contribution >= 0.6 is 0 Å². The van der Waals surface area contributed by atoms with E-state index in [0.29, 0.717) is 18.0 Å². The Balaban J connectivity index is 2.10. The first kappa shape index (κ1) is 13.4. The summed E-state index contributed by atoms with van der Waals surface area (Å²) < 4.78 is 0. The molecule has 0 bridgehead atoms. The number of anilines is 1. The standard InChI is InChI=1S/C16H26N2/c1-12(2)15-5-7-16(8-6-15)18-10-9-13(3)17-14(4)11-18/h5-8,12-14,17H,9-11H2,1-4H3. The van der Waals surface area contributed by atoms with E-state index in [2.05, 4.69) is 62.2 Å². The fourth-order valence-corrected chi connectivity index (χ4v) is 2.70. The Hall–Kier alpha value is -1.02. The van der Waals surface area contributed by atoms with Gasteiger partial charge in [-0.1, -0.05) is 26.0 Å². The Morgan fingerprint density at radius 1 is 1.11 bits per heavy atom. The van der Waals surface area contributed by atoms with Gasteiger partial charge in [0.1, 0.15) is 0 Å². The minimum absolute atomic E-state index is 0.562. The van der Waals surface area contributed by atoms with Crippen LogP contribution in [0.5, 0.6) is 0 Å². The molecule has 1 N–H and O–H groups in total. The highest BCUT2D eigenvalue weighted by atomic mass is 15.2. The van der Waals surface area contributed by atoms with Gasteiger partial charge in [-0.3, -0.25) is 0 Å². The number of nitrogens with zero attached hydrogens (tertiary/aromatic N) is 1. The smallest absolute Gasteiger partial charge is 0.0366 e. The summed E-state index contributed by atoms with van der Waals surface area (Å²) in [4.78, 5) is 2.51. The second-order valence-corrected chi connectivity index (χ2v) is 5.95. The van der Waals surface area contributed by atoms with Crippen LogP contribution in [0.1, 0.15) is 45.6 Å². The van der Waals surface area contributed by atoms with Crippen molar-refractivity contribution in [2.75, 3.05) is 18.0 Å². The lowest BCUT2D eigenvalue weighted by atomic mass is 10.0. The van der Waals surface area contributed by atoms with Crippen molar-refractivity contribution in [3.63, 3.8) is 0 Å². The van der Waals surface area contributed by atoms with Crippen molar-refractivity contribution in [2.24, 2.45) is 0 Å². The summed E-state index contributed by atoms with van der Waals surface area (Å²) in [6.07, 6.45) is 1.22. The Bertz CT molecular complexity index is 369. The van der Waals surface area contributed by atoms with Crippen LogP contribution in [0, 0.1) is 0 Å². The number of hydrogen-bond donors (Lipinski definition) is 1. The van der Waals surface area contributed by atoms with Crippen LogP contribution in [-0.2, 0) is 0 Å². The molecule has 1 aromatic rings. The van der Waals surface area contributed by atoms with Gasteiger partial charge in [-0.25, -0.2) is 0 Å². The number of benzene rings is 1. The van der Waals surface area contributed by atoms with E-state index in [1.54, 1.807) is 0 Å². The Morgan fingerprint density at radius 3 is 2.39 bits per heavy atom. The minimum Gasteiger partial charge on any atom is -0.370 e. The molecule has 0 saturated carbocycles. The minimum atomic E-state index is 0.562. The first-order chi connectivity index (χ1) is 8.56. The van der Waals surface area contributed by atoms with Crippen LogP contribution in [0.25, 0.3) is 0 Å². The molecule has 1 fully saturated rings. The maximum Gasteiger partial charge on any atom is 0.0366 e. The number of rotatable bonds is 2. The van der Waals surface area contributed by atoms with Crippen molar-refractivity contribution in [2.45, 2.75) is 52.1 Å². The van der Waals surface area contributed by atoms with E-state index in [1.165, 1.54) is 17.7 Å². The lowest BCUT2D eigenvalue weighted by molar-refractivity contribution is 0.492. The van der Waals surface area contributed by atoms with Crippen LogP contribution in [0.4, 0.5) is 5.69 Å². The summed E-state index contributed by atoms with van der Waals surface area (Å²) in [5.74, 6) is 0.615. The molecule has 0 aromatic heterocycles. The Morgan fingerprint density at radius 2 is 1.78 bits per heavy atom. The first-order valence-corrected chi connectivity index (χ1v) is 7.17. The highest BCUT2D eigenvalue weighted by Crippen LogP contribution is 2.21. The van der Waals surface area contributed by atoms with Crippen LogP contribution < -0.4 is 10.2 Å². The van der Waals surface area contributed by atoms with Crippen LogP contribution in [-0.4, -0.2) is 25.2 Å². The van der Waals surface area contributed by atoms with Gasteiger partial charge in [-0.15, -0.1) is 0 Å². The lowest BCUT2D eigenvalue weighted by Gasteiger charge is -2.25. The molecule has 2 nitrogen and oxygen atoms in total. The quantitative estimate of drug-likeness (QED) is 0.860. The molecule has 2 heteroatoms. The van der Waals surface area contributed by atoms with Gasteiger partial charge in [0, 0.05) is 30.9 Å². The lowest BCUT2D eigenvalue weighted by Crippen LogP contribution is -2.37. The van der Waals surface area contributed by atoms with Crippen molar-refractivity contribution >= 4 is 5.69 Å². The van der Waals surface area contributed by atoms with Gasteiger partial charge in [0.15, 0.2) is 0 Å². The highest BCUT2D eigenvalue weighted by molar-refractivity contribution is 5.48. The predicted octanol–water partition coefficient (Wildman–Crippen LogP) is 3.39. The van der Waals surface area contributed by atoms with Gasteiger partial charge in [0.2, 0.25) is 0 Å². The molecule has 18 heavy (non-hydrogen) atoms. The average molecular weight is 246 g/mol. The molecule has 2 atom stereocenters.